The summed E-state index contributed by atoms with van der Waals surface area (Å²) in [5.41, 5.74) is 0.689. The Morgan fingerprint density at radius 2 is 2.00 bits per heavy atom. The highest BCUT2D eigenvalue weighted by molar-refractivity contribution is 6.02. The van der Waals surface area contributed by atoms with Crippen LogP contribution in [-0.2, 0) is 4.79 Å². The Balaban J connectivity index is 1.91. The van der Waals surface area contributed by atoms with Gasteiger partial charge in [-0.2, -0.15) is 0 Å². The van der Waals surface area contributed by atoms with Gasteiger partial charge in [0.2, 0.25) is 5.88 Å². The van der Waals surface area contributed by atoms with Crippen LogP contribution in [-0.4, -0.2) is 15.9 Å². The zero-order valence-electron chi connectivity index (χ0n) is 15.0. The Hall–Kier alpha value is -3.74. The van der Waals surface area contributed by atoms with Crippen LogP contribution in [0, 0.1) is 5.82 Å². The first-order valence-corrected chi connectivity index (χ1v) is 8.49. The fourth-order valence-electron chi connectivity index (χ4n) is 3.23. The number of rotatable bonds is 3. The molecule has 0 unspecified atom stereocenters. The number of aromatic hydroxyl groups is 1. The number of nitrogens with zero attached hydrogens (tertiary/aromatic N) is 1. The third kappa shape index (κ3) is 2.77. The molecule has 0 radical (unpaired) electrons. The van der Waals surface area contributed by atoms with Crippen molar-refractivity contribution in [2.75, 3.05) is 0 Å². The molecular weight excluding hydrogens is 363 g/mol. The number of aromatic amines is 1. The molecule has 140 valence electrons. The van der Waals surface area contributed by atoms with Crippen molar-refractivity contribution in [1.82, 2.24) is 4.98 Å². The topological polar surface area (TPSA) is 95.7 Å². The van der Waals surface area contributed by atoms with Gasteiger partial charge in [-0.3, -0.25) is 14.6 Å². The molecule has 3 aromatic rings. The highest BCUT2D eigenvalue weighted by atomic mass is 19.1. The van der Waals surface area contributed by atoms with Gasteiger partial charge in [-0.05, 0) is 42.8 Å². The van der Waals surface area contributed by atoms with Gasteiger partial charge in [0.15, 0.2) is 5.78 Å². The number of Topliss-reactive ketones (excluding diaryl/α,β-unsaturated/α-hetero) is 1. The molecular formula is C21H15FN2O4. The average Bonchev–Trinajstić information content (AvgIpc) is 3.24. The van der Waals surface area contributed by atoms with E-state index in [9.17, 15) is 19.1 Å². The summed E-state index contributed by atoms with van der Waals surface area (Å²) in [7, 11) is 0. The molecule has 2 N–H and O–H groups in total. The molecule has 3 heterocycles. The minimum atomic E-state index is -0.582. The maximum Gasteiger partial charge on any atom is 0.260 e. The zero-order chi connectivity index (χ0) is 20.0. The van der Waals surface area contributed by atoms with E-state index in [-0.39, 0.29) is 27.9 Å². The molecule has 1 aliphatic rings. The smallest absolute Gasteiger partial charge is 0.260 e. The van der Waals surface area contributed by atoms with Crippen LogP contribution in [0.2, 0.25) is 0 Å². The number of hydrogen-bond donors (Lipinski definition) is 2. The second-order valence-corrected chi connectivity index (χ2v) is 6.41. The van der Waals surface area contributed by atoms with Gasteiger partial charge in [0.05, 0.1) is 21.7 Å². The number of halogens is 1. The quantitative estimate of drug-likeness (QED) is 0.731. The number of fused-ring (bicyclic) bond motifs is 1. The lowest BCUT2D eigenvalue weighted by molar-refractivity contribution is -0.113. The molecule has 0 spiro atoms. The summed E-state index contributed by atoms with van der Waals surface area (Å²) in [6.07, 6.45) is 1.45. The fourth-order valence-corrected chi connectivity index (χ4v) is 3.23. The number of carbonyl (C=O) groups excluding carboxylic acids is 1. The van der Waals surface area contributed by atoms with Gasteiger partial charge >= 0.3 is 0 Å². The monoisotopic (exact) mass is 378 g/mol. The lowest BCUT2D eigenvalue weighted by Gasteiger charge is -2.01. The molecule has 0 aliphatic carbocycles. The highest BCUT2D eigenvalue weighted by Crippen LogP contribution is 2.26. The number of aromatic nitrogens is 1. The Labute approximate surface area is 158 Å². The summed E-state index contributed by atoms with van der Waals surface area (Å²) < 4.78 is 19.6. The van der Waals surface area contributed by atoms with E-state index in [1.54, 1.807) is 37.3 Å². The molecule has 0 saturated carbocycles. The maximum absolute atomic E-state index is 14.0. The number of furan rings is 1. The summed E-state index contributed by atoms with van der Waals surface area (Å²) in [5.74, 6) is -0.423. The second-order valence-electron chi connectivity index (χ2n) is 6.41. The average molecular weight is 378 g/mol. The van der Waals surface area contributed by atoms with Crippen LogP contribution < -0.4 is 16.1 Å². The van der Waals surface area contributed by atoms with Crippen molar-refractivity contribution in [2.24, 2.45) is 4.99 Å². The highest BCUT2D eigenvalue weighted by Gasteiger charge is 2.22. The van der Waals surface area contributed by atoms with Crippen molar-refractivity contribution < 1.29 is 18.7 Å². The molecule has 6 nitrogen and oxygen atoms in total. The molecule has 0 saturated heterocycles. The summed E-state index contributed by atoms with van der Waals surface area (Å²) >= 11 is 0. The molecule has 0 fully saturated rings. The van der Waals surface area contributed by atoms with Crippen LogP contribution in [0.5, 0.6) is 5.88 Å². The van der Waals surface area contributed by atoms with Crippen LogP contribution in [0.15, 0.2) is 56.3 Å². The third-order valence-electron chi connectivity index (χ3n) is 4.55. The Morgan fingerprint density at radius 1 is 1.25 bits per heavy atom. The van der Waals surface area contributed by atoms with E-state index in [1.807, 2.05) is 0 Å². The molecule has 0 atom stereocenters. The number of pyridine rings is 1. The first kappa shape index (κ1) is 17.7. The van der Waals surface area contributed by atoms with E-state index >= 15 is 0 Å². The number of ketones is 1. The molecule has 0 amide bonds. The molecule has 7 heteroatoms. The molecule has 0 bridgehead atoms. The number of benzene rings is 1. The molecule has 2 aromatic heterocycles. The SMILES string of the molecule is CC(=O)C1=C(C)c2c(O)[nH]c(=O)c(=Cc3ccc(-c4ccccc4F)o3)c2=N1. The number of carbonyl (C=O) groups is 1. The van der Waals surface area contributed by atoms with E-state index in [1.165, 1.54) is 19.1 Å². The van der Waals surface area contributed by atoms with Crippen LogP contribution in [0.3, 0.4) is 0 Å². The maximum atomic E-state index is 14.0. The predicted octanol–water partition coefficient (Wildman–Crippen LogP) is 2.26. The predicted molar refractivity (Wildman–Crippen MR) is 100 cm³/mol. The minimum absolute atomic E-state index is 0.137. The lowest BCUT2D eigenvalue weighted by atomic mass is 10.1. The van der Waals surface area contributed by atoms with Crippen LogP contribution >= 0.6 is 0 Å². The lowest BCUT2D eigenvalue weighted by Crippen LogP contribution is -2.41. The summed E-state index contributed by atoms with van der Waals surface area (Å²) in [6.45, 7) is 3.01. The van der Waals surface area contributed by atoms with Gasteiger partial charge in [-0.1, -0.05) is 12.1 Å². The van der Waals surface area contributed by atoms with Crippen LogP contribution in [0.4, 0.5) is 4.39 Å². The largest absolute Gasteiger partial charge is 0.494 e. The van der Waals surface area contributed by atoms with Crippen LogP contribution in [0.25, 0.3) is 23.0 Å². The van der Waals surface area contributed by atoms with Crippen LogP contribution in [0.1, 0.15) is 25.2 Å². The van der Waals surface area contributed by atoms with E-state index in [2.05, 4.69) is 9.98 Å². The normalized spacial score (nSPS) is 13.6. The number of allylic oxidation sites excluding steroid dienone is 2. The minimum Gasteiger partial charge on any atom is -0.494 e. The first-order valence-electron chi connectivity index (χ1n) is 8.49. The molecule has 1 aromatic carbocycles. The van der Waals surface area contributed by atoms with Crippen molar-refractivity contribution >= 4 is 17.4 Å². The number of H-pyrrole nitrogens is 1. The van der Waals surface area contributed by atoms with Crippen molar-refractivity contribution in [2.45, 2.75) is 13.8 Å². The van der Waals surface area contributed by atoms with Gasteiger partial charge in [0.25, 0.3) is 5.56 Å². The molecule has 1 aliphatic heterocycles. The van der Waals surface area contributed by atoms with E-state index in [4.69, 9.17) is 4.42 Å². The van der Waals surface area contributed by atoms with Gasteiger partial charge in [-0.25, -0.2) is 9.38 Å². The van der Waals surface area contributed by atoms with E-state index < -0.39 is 11.4 Å². The molecule has 4 rings (SSSR count). The summed E-state index contributed by atoms with van der Waals surface area (Å²) in [5, 5.41) is 10.5. The number of hydrogen-bond acceptors (Lipinski definition) is 5. The standard InChI is InChI=1S/C21H15FN2O4/c1-10-17-19(23-18(10)11(2)25)14(20(26)24-21(17)27)9-12-7-8-16(28-12)13-5-3-4-6-15(13)22/h3-9,27H,1-2H3,(H,24,26). The van der Waals surface area contributed by atoms with Crippen molar-refractivity contribution in [3.05, 3.63) is 80.2 Å². The van der Waals surface area contributed by atoms with Crippen molar-refractivity contribution in [3.63, 3.8) is 0 Å². The van der Waals surface area contributed by atoms with E-state index in [0.29, 0.717) is 28.2 Å². The summed E-state index contributed by atoms with van der Waals surface area (Å²) in [4.78, 5) is 30.8. The third-order valence-corrected chi connectivity index (χ3v) is 4.55. The Morgan fingerprint density at radius 3 is 2.71 bits per heavy atom. The van der Waals surface area contributed by atoms with Gasteiger partial charge < -0.3 is 9.52 Å². The van der Waals surface area contributed by atoms with Crippen molar-refractivity contribution in [1.29, 1.82) is 0 Å². The Bertz CT molecular complexity index is 1350. The van der Waals surface area contributed by atoms with E-state index in [0.717, 1.165) is 0 Å². The number of nitrogens with one attached hydrogen (secondary N) is 1. The molecule has 28 heavy (non-hydrogen) atoms. The van der Waals surface area contributed by atoms with Crippen molar-refractivity contribution in [3.8, 4) is 17.2 Å². The first-order chi connectivity index (χ1) is 13.4. The summed E-state index contributed by atoms with van der Waals surface area (Å²) in [6, 6.07) is 9.39. The fraction of sp³-hybridized carbons (Fsp3) is 0.0952. The van der Waals surface area contributed by atoms with Gasteiger partial charge in [0.1, 0.15) is 23.0 Å². The zero-order valence-corrected chi connectivity index (χ0v) is 15.0. The van der Waals surface area contributed by atoms with Gasteiger partial charge in [-0.15, -0.1) is 0 Å². The van der Waals surface area contributed by atoms with Gasteiger partial charge in [0, 0.05) is 6.92 Å². The Kier molecular flexibility index (Phi) is 4.07. The second kappa shape index (κ2) is 6.45.